The molecule has 0 atom stereocenters. The van der Waals surface area contributed by atoms with Crippen molar-refractivity contribution < 1.29 is 28.7 Å². The molecule has 9 nitrogen and oxygen atoms in total. The number of carbonyl (C=O) groups is 4. The normalized spacial score (nSPS) is 12.7. The van der Waals surface area contributed by atoms with Gasteiger partial charge in [-0.1, -0.05) is 142 Å². The van der Waals surface area contributed by atoms with Crippen LogP contribution in [0, 0.1) is 0 Å². The molecule has 2 heterocycles. The molecular weight excluding hydrogens is 771 g/mol. The van der Waals surface area contributed by atoms with Crippen LogP contribution in [0.4, 0.5) is 5.00 Å². The Morgan fingerprint density at radius 1 is 0.633 bits per heavy atom. The Kier molecular flexibility index (Phi) is 31.9. The molecule has 0 saturated heterocycles. The molecule has 60 heavy (non-hydrogen) atoms. The number of fused-ring (bicyclic) bond motifs is 1. The maximum atomic E-state index is 13.5. The molecule has 1 aliphatic heterocycles. The zero-order valence-electron chi connectivity index (χ0n) is 38.9. The highest BCUT2D eigenvalue weighted by Gasteiger charge is 2.31. The van der Waals surface area contributed by atoms with Gasteiger partial charge in [-0.3, -0.25) is 14.4 Å². The summed E-state index contributed by atoms with van der Waals surface area (Å²) in [6.07, 6.45) is 37.6. The van der Waals surface area contributed by atoms with E-state index >= 15 is 0 Å². The van der Waals surface area contributed by atoms with Gasteiger partial charge in [0.25, 0.3) is 0 Å². The van der Waals surface area contributed by atoms with Gasteiger partial charge in [-0.05, 0) is 83.9 Å². The van der Waals surface area contributed by atoms with E-state index in [1.54, 1.807) is 0 Å². The first-order valence-corrected chi connectivity index (χ1v) is 25.4. The number of amides is 2. The van der Waals surface area contributed by atoms with E-state index in [0.29, 0.717) is 62.6 Å². The lowest BCUT2D eigenvalue weighted by Gasteiger charge is -2.27. The largest absolute Gasteiger partial charge is 0.466 e. The van der Waals surface area contributed by atoms with Crippen molar-refractivity contribution >= 4 is 40.1 Å². The number of unbranched alkanes of at least 4 members (excludes halogenated alkanes) is 22. The van der Waals surface area contributed by atoms with Gasteiger partial charge in [0.05, 0.1) is 25.3 Å². The number of rotatable bonds is 38. The van der Waals surface area contributed by atoms with Gasteiger partial charge >= 0.3 is 11.9 Å². The van der Waals surface area contributed by atoms with E-state index in [0.717, 1.165) is 87.6 Å². The summed E-state index contributed by atoms with van der Waals surface area (Å²) < 4.78 is 11.2. The van der Waals surface area contributed by atoms with Crippen LogP contribution in [0.25, 0.3) is 0 Å². The fourth-order valence-electron chi connectivity index (χ4n) is 7.81. The summed E-state index contributed by atoms with van der Waals surface area (Å²) in [5.74, 6) is -0.472. The number of ether oxygens (including phenoxy) is 2. The highest BCUT2D eigenvalue weighted by atomic mass is 32.1. The van der Waals surface area contributed by atoms with Crippen molar-refractivity contribution in [3.63, 3.8) is 0 Å². The maximum Gasteiger partial charge on any atom is 0.341 e. The van der Waals surface area contributed by atoms with E-state index in [1.807, 2.05) is 19.0 Å². The lowest BCUT2D eigenvalue weighted by molar-refractivity contribution is -0.144. The number of esters is 2. The summed E-state index contributed by atoms with van der Waals surface area (Å²) in [5.41, 5.74) is 1.37. The summed E-state index contributed by atoms with van der Waals surface area (Å²) in [5, 5.41) is 3.62. The first-order valence-electron chi connectivity index (χ1n) is 24.6. The zero-order chi connectivity index (χ0) is 43.5. The van der Waals surface area contributed by atoms with Crippen LogP contribution >= 0.6 is 11.3 Å². The first-order chi connectivity index (χ1) is 29.3. The number of nitrogens with one attached hydrogen (secondary N) is 1. The molecule has 1 aromatic rings. The van der Waals surface area contributed by atoms with E-state index in [4.69, 9.17) is 9.47 Å². The molecule has 0 bridgehead atoms. The van der Waals surface area contributed by atoms with Crippen molar-refractivity contribution in [2.75, 3.05) is 45.7 Å². The molecule has 0 unspecified atom stereocenters. The average Bonchev–Trinajstić information content (AvgIpc) is 3.59. The van der Waals surface area contributed by atoms with Crippen LogP contribution in [0.1, 0.15) is 227 Å². The molecule has 0 saturated carbocycles. The smallest absolute Gasteiger partial charge is 0.341 e. The van der Waals surface area contributed by atoms with E-state index in [2.05, 4.69) is 36.2 Å². The van der Waals surface area contributed by atoms with Gasteiger partial charge in [0, 0.05) is 37.2 Å². The number of anilines is 1. The molecule has 344 valence electrons. The van der Waals surface area contributed by atoms with Gasteiger partial charge < -0.3 is 24.6 Å². The third-order valence-electron chi connectivity index (χ3n) is 11.5. The SMILES string of the molecule is CCCCCCCC/C=C\CCCCCCCC(=O)Nc1sc2c(c1C(=O)OCCCN(C)C)CCN(C(=O)CCCCCCC(=O)OCCCCCCCCCCC)C2. The molecule has 0 spiro atoms. The Morgan fingerprint density at radius 3 is 1.75 bits per heavy atom. The van der Waals surface area contributed by atoms with Crippen molar-refractivity contribution in [1.82, 2.24) is 9.80 Å². The summed E-state index contributed by atoms with van der Waals surface area (Å²) >= 11 is 1.41. The summed E-state index contributed by atoms with van der Waals surface area (Å²) in [7, 11) is 3.99. The summed E-state index contributed by atoms with van der Waals surface area (Å²) in [4.78, 5) is 56.9. The number of hydrogen-bond donors (Lipinski definition) is 1. The van der Waals surface area contributed by atoms with E-state index in [1.165, 1.54) is 114 Å². The molecule has 1 aromatic heterocycles. The van der Waals surface area contributed by atoms with Crippen LogP contribution in [0.15, 0.2) is 12.2 Å². The fourth-order valence-corrected chi connectivity index (χ4v) is 9.08. The molecule has 1 N–H and O–H groups in total. The van der Waals surface area contributed by atoms with Crippen molar-refractivity contribution in [3.8, 4) is 0 Å². The number of thiophene rings is 1. The quantitative estimate of drug-likeness (QED) is 0.0401. The van der Waals surface area contributed by atoms with Crippen LogP contribution in [0.2, 0.25) is 0 Å². The second-order valence-corrected chi connectivity index (χ2v) is 18.5. The van der Waals surface area contributed by atoms with Gasteiger partial charge in [-0.15, -0.1) is 11.3 Å². The lowest BCUT2D eigenvalue weighted by Crippen LogP contribution is -2.35. The van der Waals surface area contributed by atoms with E-state index < -0.39 is 5.97 Å². The van der Waals surface area contributed by atoms with Crippen LogP contribution in [-0.4, -0.2) is 74.0 Å². The van der Waals surface area contributed by atoms with Gasteiger partial charge in [-0.25, -0.2) is 4.79 Å². The second-order valence-electron chi connectivity index (χ2n) is 17.4. The molecule has 0 aliphatic carbocycles. The molecule has 1 aliphatic rings. The average molecular weight is 858 g/mol. The van der Waals surface area contributed by atoms with Crippen molar-refractivity contribution in [2.24, 2.45) is 0 Å². The van der Waals surface area contributed by atoms with Crippen LogP contribution in [0.3, 0.4) is 0 Å². The van der Waals surface area contributed by atoms with Crippen LogP contribution in [-0.2, 0) is 36.8 Å². The van der Waals surface area contributed by atoms with Crippen LogP contribution in [0.5, 0.6) is 0 Å². The van der Waals surface area contributed by atoms with Crippen molar-refractivity contribution in [2.45, 2.75) is 219 Å². The molecular formula is C50H87N3O6S. The predicted octanol–water partition coefficient (Wildman–Crippen LogP) is 13.1. The number of nitrogens with zero attached hydrogens (tertiary/aromatic N) is 2. The molecule has 0 fully saturated rings. The Bertz CT molecular complexity index is 1330. The number of hydrogen-bond acceptors (Lipinski definition) is 8. The lowest BCUT2D eigenvalue weighted by atomic mass is 10.0. The Hall–Kier alpha value is -2.72. The second kappa shape index (κ2) is 35.8. The minimum absolute atomic E-state index is 0.0760. The standard InChI is InChI=1S/C50H87N3O6S/c1-5-7-9-11-13-15-16-17-18-19-20-21-23-25-29-34-45(54)51-49-48(50(57)59-41-33-38-52(3)4)43-37-39-53(42-44(43)60-49)46(55)35-30-26-27-31-36-47(56)58-40-32-28-24-22-14-12-10-8-6-2/h17-18H,5-16,19-42H2,1-4H3,(H,51,54)/b18-17-. The Morgan fingerprint density at radius 2 is 1.15 bits per heavy atom. The van der Waals surface area contributed by atoms with E-state index in [-0.39, 0.29) is 17.8 Å². The Balaban J connectivity index is 1.71. The van der Waals surface area contributed by atoms with E-state index in [9.17, 15) is 19.2 Å². The minimum atomic E-state index is -0.394. The topological polar surface area (TPSA) is 105 Å². The molecule has 2 amide bonds. The summed E-state index contributed by atoms with van der Waals surface area (Å²) in [6, 6.07) is 0. The summed E-state index contributed by atoms with van der Waals surface area (Å²) in [6.45, 7) is 7.14. The maximum absolute atomic E-state index is 13.5. The first kappa shape index (κ1) is 53.4. The highest BCUT2D eigenvalue weighted by molar-refractivity contribution is 7.17. The van der Waals surface area contributed by atoms with Crippen LogP contribution < -0.4 is 5.32 Å². The van der Waals surface area contributed by atoms with Crippen molar-refractivity contribution in [1.29, 1.82) is 0 Å². The number of carbonyl (C=O) groups excluding carboxylic acids is 4. The van der Waals surface area contributed by atoms with Gasteiger partial charge in [-0.2, -0.15) is 0 Å². The minimum Gasteiger partial charge on any atom is -0.466 e. The zero-order valence-corrected chi connectivity index (χ0v) is 39.7. The predicted molar refractivity (Wildman–Crippen MR) is 251 cm³/mol. The monoisotopic (exact) mass is 858 g/mol. The highest BCUT2D eigenvalue weighted by Crippen LogP contribution is 2.38. The molecule has 0 radical (unpaired) electrons. The fraction of sp³-hybridized carbons (Fsp3) is 0.800. The molecule has 0 aromatic carbocycles. The van der Waals surface area contributed by atoms with Crippen molar-refractivity contribution in [3.05, 3.63) is 28.2 Å². The molecule has 2 rings (SSSR count). The van der Waals surface area contributed by atoms with Gasteiger partial charge in [0.15, 0.2) is 0 Å². The number of allylic oxidation sites excluding steroid dienone is 2. The molecule has 10 heteroatoms. The van der Waals surface area contributed by atoms with Gasteiger partial charge in [0.1, 0.15) is 5.00 Å². The third-order valence-corrected chi connectivity index (χ3v) is 12.7. The van der Waals surface area contributed by atoms with Gasteiger partial charge in [0.2, 0.25) is 11.8 Å². The third kappa shape index (κ3) is 25.9. The Labute approximate surface area is 370 Å².